The normalized spacial score (nSPS) is 19.9. The number of nitrogens with zero attached hydrogens (tertiary/aromatic N) is 3. The minimum absolute atomic E-state index is 0.124. The van der Waals surface area contributed by atoms with Gasteiger partial charge in [0.25, 0.3) is 0 Å². The Morgan fingerprint density at radius 1 is 1.29 bits per heavy atom. The molecule has 1 saturated heterocycles. The van der Waals surface area contributed by atoms with Crippen LogP contribution in [0.5, 0.6) is 0 Å². The van der Waals surface area contributed by atoms with E-state index in [9.17, 15) is 4.79 Å². The van der Waals surface area contributed by atoms with Gasteiger partial charge in [-0.1, -0.05) is 6.92 Å². The Morgan fingerprint density at radius 3 is 2.59 bits per heavy atom. The van der Waals surface area contributed by atoms with Crippen LogP contribution >= 0.6 is 0 Å². The number of amides is 2. The van der Waals surface area contributed by atoms with Gasteiger partial charge in [-0.3, -0.25) is 0 Å². The topological polar surface area (TPSA) is 52.8 Å². The molecule has 0 spiro atoms. The molecule has 2 N–H and O–H groups in total. The predicted octanol–water partition coefficient (Wildman–Crippen LogP) is 0.271. The molecule has 1 rings (SSSR count). The molecule has 0 saturated carbocycles. The molecule has 0 bridgehead atoms. The van der Waals surface area contributed by atoms with E-state index in [1.54, 1.807) is 4.90 Å². The van der Waals surface area contributed by atoms with E-state index in [4.69, 9.17) is 5.73 Å². The molecule has 1 aliphatic heterocycles. The molecule has 1 heterocycles. The van der Waals surface area contributed by atoms with Crippen LogP contribution in [0.25, 0.3) is 0 Å². The molecule has 1 atom stereocenters. The van der Waals surface area contributed by atoms with E-state index in [1.165, 1.54) is 0 Å². The molecule has 5 nitrogen and oxygen atoms in total. The molecule has 100 valence electrons. The Labute approximate surface area is 105 Å². The summed E-state index contributed by atoms with van der Waals surface area (Å²) in [6, 6.07) is 0.124. The number of nitrogens with two attached hydrogens (primary N) is 1. The lowest BCUT2D eigenvalue weighted by molar-refractivity contribution is 0.171. The van der Waals surface area contributed by atoms with Crippen molar-refractivity contribution >= 4 is 6.03 Å². The highest BCUT2D eigenvalue weighted by molar-refractivity contribution is 5.73. The van der Waals surface area contributed by atoms with Gasteiger partial charge in [0.05, 0.1) is 0 Å². The second-order valence-corrected chi connectivity index (χ2v) is 5.16. The smallest absolute Gasteiger partial charge is 0.319 e. The SMILES string of the molecule is CC(CN)CN1CCCN(C(=O)N(C)C)CC1. The van der Waals surface area contributed by atoms with Crippen molar-refractivity contribution < 1.29 is 4.79 Å². The summed E-state index contributed by atoms with van der Waals surface area (Å²) in [5.41, 5.74) is 5.65. The fourth-order valence-electron chi connectivity index (χ4n) is 2.14. The Hall–Kier alpha value is -0.810. The second-order valence-electron chi connectivity index (χ2n) is 5.16. The average Bonchev–Trinajstić information content (AvgIpc) is 2.53. The summed E-state index contributed by atoms with van der Waals surface area (Å²) in [4.78, 5) is 17.9. The van der Waals surface area contributed by atoms with Gasteiger partial charge in [0, 0.05) is 40.3 Å². The number of carbonyl (C=O) groups is 1. The average molecular weight is 242 g/mol. The lowest BCUT2D eigenvalue weighted by Gasteiger charge is -2.25. The van der Waals surface area contributed by atoms with Crippen molar-refractivity contribution in [3.63, 3.8) is 0 Å². The molecular weight excluding hydrogens is 216 g/mol. The Balaban J connectivity index is 2.41. The van der Waals surface area contributed by atoms with Crippen LogP contribution in [0.2, 0.25) is 0 Å². The maximum Gasteiger partial charge on any atom is 0.319 e. The van der Waals surface area contributed by atoms with Gasteiger partial charge in [-0.05, 0) is 25.4 Å². The minimum atomic E-state index is 0.124. The molecule has 0 aromatic carbocycles. The monoisotopic (exact) mass is 242 g/mol. The van der Waals surface area contributed by atoms with Crippen LogP contribution < -0.4 is 5.73 Å². The van der Waals surface area contributed by atoms with Gasteiger partial charge in [0.1, 0.15) is 0 Å². The zero-order valence-electron chi connectivity index (χ0n) is 11.4. The predicted molar refractivity (Wildman–Crippen MR) is 69.9 cm³/mol. The van der Waals surface area contributed by atoms with Gasteiger partial charge in [-0.25, -0.2) is 4.79 Å². The minimum Gasteiger partial charge on any atom is -0.331 e. The Bertz CT molecular complexity index is 245. The molecular formula is C12H26N4O. The molecule has 0 radical (unpaired) electrons. The third-order valence-electron chi connectivity index (χ3n) is 3.21. The molecule has 5 heteroatoms. The third kappa shape index (κ3) is 4.52. The first-order valence-corrected chi connectivity index (χ1v) is 6.43. The molecule has 0 aliphatic carbocycles. The largest absolute Gasteiger partial charge is 0.331 e. The van der Waals surface area contributed by atoms with Crippen LogP contribution in [0.4, 0.5) is 4.79 Å². The van der Waals surface area contributed by atoms with Crippen LogP contribution in [0, 0.1) is 5.92 Å². The van der Waals surface area contributed by atoms with Crippen LogP contribution in [0.15, 0.2) is 0 Å². The van der Waals surface area contributed by atoms with Gasteiger partial charge in [0.2, 0.25) is 0 Å². The summed E-state index contributed by atoms with van der Waals surface area (Å²) in [5.74, 6) is 0.533. The highest BCUT2D eigenvalue weighted by atomic mass is 16.2. The Kier molecular flexibility index (Phi) is 5.71. The highest BCUT2D eigenvalue weighted by Crippen LogP contribution is 2.07. The molecule has 1 aliphatic rings. The summed E-state index contributed by atoms with van der Waals surface area (Å²) in [6.45, 7) is 7.68. The van der Waals surface area contributed by atoms with E-state index in [1.807, 2.05) is 19.0 Å². The summed E-state index contributed by atoms with van der Waals surface area (Å²) < 4.78 is 0. The van der Waals surface area contributed by atoms with Crippen LogP contribution in [0.3, 0.4) is 0 Å². The molecule has 17 heavy (non-hydrogen) atoms. The first-order valence-electron chi connectivity index (χ1n) is 6.43. The summed E-state index contributed by atoms with van der Waals surface area (Å²) in [6.07, 6.45) is 1.05. The zero-order chi connectivity index (χ0) is 12.8. The first kappa shape index (κ1) is 14.3. The number of urea groups is 1. The maximum absolute atomic E-state index is 11.8. The van der Waals surface area contributed by atoms with E-state index in [0.29, 0.717) is 5.92 Å². The van der Waals surface area contributed by atoms with E-state index in [-0.39, 0.29) is 6.03 Å². The van der Waals surface area contributed by atoms with Crippen molar-refractivity contribution in [2.45, 2.75) is 13.3 Å². The number of carbonyl (C=O) groups excluding carboxylic acids is 1. The summed E-state index contributed by atoms with van der Waals surface area (Å²) in [7, 11) is 3.61. The highest BCUT2D eigenvalue weighted by Gasteiger charge is 2.20. The summed E-state index contributed by atoms with van der Waals surface area (Å²) >= 11 is 0. The van der Waals surface area contributed by atoms with E-state index >= 15 is 0 Å². The quantitative estimate of drug-likeness (QED) is 0.773. The van der Waals surface area contributed by atoms with Crippen molar-refractivity contribution in [1.82, 2.24) is 14.7 Å². The fourth-order valence-corrected chi connectivity index (χ4v) is 2.14. The third-order valence-corrected chi connectivity index (χ3v) is 3.21. The van der Waals surface area contributed by atoms with Gasteiger partial charge in [-0.15, -0.1) is 0 Å². The van der Waals surface area contributed by atoms with E-state index in [2.05, 4.69) is 11.8 Å². The maximum atomic E-state index is 11.8. The van der Waals surface area contributed by atoms with Gasteiger partial charge in [-0.2, -0.15) is 0 Å². The zero-order valence-corrected chi connectivity index (χ0v) is 11.4. The standard InChI is InChI=1S/C12H26N4O/c1-11(9-13)10-15-5-4-6-16(8-7-15)12(17)14(2)3/h11H,4-10,13H2,1-3H3. The summed E-state index contributed by atoms with van der Waals surface area (Å²) in [5, 5.41) is 0. The van der Waals surface area contributed by atoms with Crippen molar-refractivity contribution in [2.75, 3.05) is 53.4 Å². The van der Waals surface area contributed by atoms with Crippen LogP contribution in [-0.2, 0) is 0 Å². The van der Waals surface area contributed by atoms with Crippen LogP contribution in [0.1, 0.15) is 13.3 Å². The number of hydrogen-bond acceptors (Lipinski definition) is 3. The van der Waals surface area contributed by atoms with E-state index in [0.717, 1.165) is 45.7 Å². The van der Waals surface area contributed by atoms with Crippen molar-refractivity contribution in [3.8, 4) is 0 Å². The van der Waals surface area contributed by atoms with E-state index < -0.39 is 0 Å². The van der Waals surface area contributed by atoms with Crippen molar-refractivity contribution in [1.29, 1.82) is 0 Å². The number of rotatable bonds is 3. The van der Waals surface area contributed by atoms with Crippen molar-refractivity contribution in [2.24, 2.45) is 11.7 Å². The van der Waals surface area contributed by atoms with Gasteiger partial charge < -0.3 is 20.4 Å². The molecule has 2 amide bonds. The lowest BCUT2D eigenvalue weighted by Crippen LogP contribution is -2.41. The van der Waals surface area contributed by atoms with Crippen molar-refractivity contribution in [3.05, 3.63) is 0 Å². The number of hydrogen-bond donors (Lipinski definition) is 1. The Morgan fingerprint density at radius 2 is 2.00 bits per heavy atom. The first-order chi connectivity index (χ1) is 8.04. The van der Waals surface area contributed by atoms with Gasteiger partial charge in [0.15, 0.2) is 0 Å². The van der Waals surface area contributed by atoms with Crippen LogP contribution in [-0.4, -0.2) is 74.1 Å². The molecule has 1 fully saturated rings. The molecule has 0 aromatic rings. The second kappa shape index (κ2) is 6.81. The fraction of sp³-hybridized carbons (Fsp3) is 0.917. The molecule has 0 aromatic heterocycles. The lowest BCUT2D eigenvalue weighted by atomic mass is 10.1. The van der Waals surface area contributed by atoms with Gasteiger partial charge >= 0.3 is 6.03 Å². The molecule has 1 unspecified atom stereocenters.